The van der Waals surface area contributed by atoms with Crippen molar-refractivity contribution in [2.45, 2.75) is 40.0 Å². The Labute approximate surface area is 266 Å². The Morgan fingerprint density at radius 2 is 1.69 bits per heavy atom. The number of likely N-dealkylation sites (N-methyl/N-ethyl adjacent to an activating group) is 1. The van der Waals surface area contributed by atoms with Crippen molar-refractivity contribution in [2.24, 2.45) is 4.99 Å². The van der Waals surface area contributed by atoms with E-state index in [4.69, 9.17) is 0 Å². The fourth-order valence-electron chi connectivity index (χ4n) is 4.88. The highest BCUT2D eigenvalue weighted by Gasteiger charge is 2.24. The Balaban J connectivity index is 1.64. The zero-order valence-corrected chi connectivity index (χ0v) is 27.1. The van der Waals surface area contributed by atoms with Gasteiger partial charge in [0.15, 0.2) is 5.71 Å². The minimum atomic E-state index is -3.29. The Bertz CT molecular complexity index is 1750. The number of nitrogens with one attached hydrogen (secondary N) is 2. The molecule has 0 spiro atoms. The molecule has 1 aromatic heterocycles. The summed E-state index contributed by atoms with van der Waals surface area (Å²) in [5.74, 6) is -1.09. The van der Waals surface area contributed by atoms with E-state index in [9.17, 15) is 18.0 Å². The largest absolute Gasteiger partial charge is 0.370 e. The van der Waals surface area contributed by atoms with Crippen LogP contribution in [0.5, 0.6) is 0 Å². The summed E-state index contributed by atoms with van der Waals surface area (Å²) in [4.78, 5) is 34.2. The standard InChI is InChI=1S/C35H41N5O4S/c1-5-7-11-27-14-16-29(17-15-27)37-35(42)33(34(41)28-20-22-40(25-28)30-12-9-8-10-13-30)38-32-19-18-31(24-26(32)3)39(6-2)23-21-36-45(4,43)44/h8-10,12-20,22,24-25,36H,5-7,11,21,23H2,1-4H3,(H,37,42). The smallest absolute Gasteiger partial charge is 0.278 e. The SMILES string of the molecule is CCCCc1ccc(NC(=O)C(=Nc2ccc(N(CC)CCNS(C)(=O)=O)cc2C)C(=O)c2ccn(-c3ccccc3)c2)cc1. The number of aryl methyl sites for hydroxylation is 2. The number of unbranched alkanes of at least 4 members (excludes halogenated alkanes) is 1. The summed E-state index contributed by atoms with van der Waals surface area (Å²) in [7, 11) is -3.29. The number of benzene rings is 3. The van der Waals surface area contributed by atoms with E-state index < -0.39 is 21.7 Å². The molecule has 0 unspecified atom stereocenters. The third kappa shape index (κ3) is 9.47. The first-order valence-corrected chi connectivity index (χ1v) is 17.0. The first kappa shape index (κ1) is 33.4. The van der Waals surface area contributed by atoms with Crippen molar-refractivity contribution in [1.82, 2.24) is 9.29 Å². The van der Waals surface area contributed by atoms with Crippen molar-refractivity contribution in [3.63, 3.8) is 0 Å². The van der Waals surface area contributed by atoms with Gasteiger partial charge in [-0.05, 0) is 86.3 Å². The minimum absolute atomic E-state index is 0.226. The lowest BCUT2D eigenvalue weighted by molar-refractivity contribution is -0.110. The third-order valence-electron chi connectivity index (χ3n) is 7.38. The Morgan fingerprint density at radius 3 is 2.33 bits per heavy atom. The predicted octanol–water partition coefficient (Wildman–Crippen LogP) is 6.10. The van der Waals surface area contributed by atoms with Crippen molar-refractivity contribution in [1.29, 1.82) is 0 Å². The van der Waals surface area contributed by atoms with Crippen LogP contribution in [0, 0.1) is 6.92 Å². The second-order valence-corrected chi connectivity index (χ2v) is 12.7. The van der Waals surface area contributed by atoms with Gasteiger partial charge in [0, 0.05) is 54.7 Å². The number of amides is 1. The van der Waals surface area contributed by atoms with Gasteiger partial charge < -0.3 is 14.8 Å². The van der Waals surface area contributed by atoms with E-state index in [1.54, 1.807) is 24.5 Å². The molecule has 1 amide bonds. The number of rotatable bonds is 15. The van der Waals surface area contributed by atoms with Crippen LogP contribution in [0.15, 0.2) is 96.2 Å². The highest BCUT2D eigenvalue weighted by molar-refractivity contribution is 7.88. The van der Waals surface area contributed by atoms with Crippen molar-refractivity contribution in [3.05, 3.63) is 108 Å². The van der Waals surface area contributed by atoms with Gasteiger partial charge in [-0.3, -0.25) is 9.59 Å². The monoisotopic (exact) mass is 627 g/mol. The van der Waals surface area contributed by atoms with Crippen molar-refractivity contribution >= 4 is 44.5 Å². The number of anilines is 2. The zero-order chi connectivity index (χ0) is 32.4. The Kier molecular flexibility index (Phi) is 11.5. The van der Waals surface area contributed by atoms with Gasteiger partial charge in [0.25, 0.3) is 5.91 Å². The number of carbonyl (C=O) groups is 2. The fraction of sp³-hybridized carbons (Fsp3) is 0.286. The normalized spacial score (nSPS) is 11.8. The highest BCUT2D eigenvalue weighted by Crippen LogP contribution is 2.26. The molecular weight excluding hydrogens is 586 g/mol. The number of hydrogen-bond acceptors (Lipinski definition) is 6. The molecule has 0 aliphatic carbocycles. The van der Waals surface area contributed by atoms with Gasteiger partial charge in [0.2, 0.25) is 15.8 Å². The van der Waals surface area contributed by atoms with Gasteiger partial charge in [-0.2, -0.15) is 0 Å². The van der Waals surface area contributed by atoms with Gasteiger partial charge in [0.1, 0.15) is 0 Å². The average Bonchev–Trinajstić information content (AvgIpc) is 3.52. The predicted molar refractivity (Wildman–Crippen MR) is 183 cm³/mol. The highest BCUT2D eigenvalue weighted by atomic mass is 32.2. The van der Waals surface area contributed by atoms with Crippen LogP contribution in [0.25, 0.3) is 5.69 Å². The molecule has 1 heterocycles. The average molecular weight is 628 g/mol. The lowest BCUT2D eigenvalue weighted by Gasteiger charge is -2.24. The third-order valence-corrected chi connectivity index (χ3v) is 8.10. The molecule has 0 bridgehead atoms. The first-order valence-electron chi connectivity index (χ1n) is 15.1. The maximum absolute atomic E-state index is 13.9. The van der Waals surface area contributed by atoms with Crippen LogP contribution in [-0.4, -0.2) is 56.3 Å². The summed E-state index contributed by atoms with van der Waals surface area (Å²) >= 11 is 0. The molecule has 0 saturated carbocycles. The topological polar surface area (TPSA) is 113 Å². The fourth-order valence-corrected chi connectivity index (χ4v) is 5.34. The van der Waals surface area contributed by atoms with Crippen LogP contribution < -0.4 is 14.9 Å². The molecule has 0 radical (unpaired) electrons. The number of para-hydroxylation sites is 1. The summed E-state index contributed by atoms with van der Waals surface area (Å²) < 4.78 is 27.3. The summed E-state index contributed by atoms with van der Waals surface area (Å²) in [5.41, 5.74) is 4.90. The number of carbonyl (C=O) groups excluding carboxylic acids is 2. The van der Waals surface area contributed by atoms with Crippen LogP contribution in [0.4, 0.5) is 17.1 Å². The van der Waals surface area contributed by atoms with Gasteiger partial charge in [-0.1, -0.05) is 43.7 Å². The molecule has 0 atom stereocenters. The Hall–Kier alpha value is -4.54. The summed E-state index contributed by atoms with van der Waals surface area (Å²) in [6, 6.07) is 24.5. The molecule has 0 fully saturated rings. The van der Waals surface area contributed by atoms with Crippen LogP contribution in [0.1, 0.15) is 48.2 Å². The van der Waals surface area contributed by atoms with E-state index in [-0.39, 0.29) is 12.3 Å². The second-order valence-electron chi connectivity index (χ2n) is 10.9. The lowest BCUT2D eigenvalue weighted by Crippen LogP contribution is -2.34. The molecule has 9 nitrogen and oxygen atoms in total. The van der Waals surface area contributed by atoms with E-state index in [2.05, 4.69) is 22.0 Å². The summed E-state index contributed by atoms with van der Waals surface area (Å²) in [5, 5.41) is 2.87. The van der Waals surface area contributed by atoms with Gasteiger partial charge >= 0.3 is 0 Å². The molecule has 236 valence electrons. The van der Waals surface area contributed by atoms with Crippen molar-refractivity contribution < 1.29 is 18.0 Å². The van der Waals surface area contributed by atoms with Gasteiger partial charge in [-0.25, -0.2) is 18.1 Å². The molecule has 3 aromatic carbocycles. The molecule has 2 N–H and O–H groups in total. The van der Waals surface area contributed by atoms with Crippen molar-refractivity contribution in [3.8, 4) is 5.69 Å². The maximum atomic E-state index is 13.9. The lowest BCUT2D eigenvalue weighted by atomic mass is 10.1. The zero-order valence-electron chi connectivity index (χ0n) is 26.3. The van der Waals surface area contributed by atoms with Gasteiger partial charge in [-0.15, -0.1) is 0 Å². The van der Waals surface area contributed by atoms with Crippen LogP contribution in [-0.2, 0) is 21.2 Å². The van der Waals surface area contributed by atoms with Crippen LogP contribution in [0.2, 0.25) is 0 Å². The number of nitrogens with zero attached hydrogens (tertiary/aromatic N) is 3. The molecule has 45 heavy (non-hydrogen) atoms. The van der Waals surface area contributed by atoms with Crippen LogP contribution in [0.3, 0.4) is 0 Å². The number of sulfonamides is 1. The number of hydrogen-bond donors (Lipinski definition) is 2. The number of aliphatic imine (C=N–C) groups is 1. The minimum Gasteiger partial charge on any atom is -0.370 e. The van der Waals surface area contributed by atoms with E-state index >= 15 is 0 Å². The van der Waals surface area contributed by atoms with E-state index in [0.717, 1.165) is 42.5 Å². The molecule has 0 aliphatic heterocycles. The van der Waals surface area contributed by atoms with Crippen LogP contribution >= 0.6 is 0 Å². The Morgan fingerprint density at radius 1 is 0.956 bits per heavy atom. The molecule has 0 saturated heterocycles. The molecular formula is C35H41N5O4S. The summed E-state index contributed by atoms with van der Waals surface area (Å²) in [6.45, 7) is 7.41. The number of Topliss-reactive ketones (excluding diaryl/α,β-unsaturated/α-hetero) is 1. The van der Waals surface area contributed by atoms with E-state index in [0.29, 0.717) is 30.0 Å². The quantitative estimate of drug-likeness (QED) is 0.0940. The molecule has 4 rings (SSSR count). The summed E-state index contributed by atoms with van der Waals surface area (Å²) in [6.07, 6.45) is 7.77. The van der Waals surface area contributed by atoms with Crippen molar-refractivity contribution in [2.75, 3.05) is 36.1 Å². The second kappa shape index (κ2) is 15.5. The number of aromatic nitrogens is 1. The van der Waals surface area contributed by atoms with E-state index in [1.807, 2.05) is 90.0 Å². The molecule has 0 aliphatic rings. The maximum Gasteiger partial charge on any atom is 0.278 e. The van der Waals surface area contributed by atoms with Gasteiger partial charge in [0.05, 0.1) is 11.9 Å². The van der Waals surface area contributed by atoms with E-state index in [1.165, 1.54) is 5.56 Å². The molecule has 10 heteroatoms. The first-order chi connectivity index (χ1) is 21.6. The number of ketones is 1. The molecule has 4 aromatic rings.